The molecule has 2 aromatic carbocycles. The lowest BCUT2D eigenvalue weighted by atomic mass is 10.1. The number of nitrogens with one attached hydrogen (secondary N) is 2. The zero-order valence-electron chi connectivity index (χ0n) is 12.1. The van der Waals surface area contributed by atoms with Crippen molar-refractivity contribution in [3.63, 3.8) is 0 Å². The van der Waals surface area contributed by atoms with Crippen molar-refractivity contribution in [2.75, 3.05) is 6.54 Å². The smallest absolute Gasteiger partial charge is 0.335 e. The predicted molar refractivity (Wildman–Crippen MR) is 83.3 cm³/mol. The normalized spacial score (nSPS) is 10.6. The highest BCUT2D eigenvalue weighted by atomic mass is 16.4. The number of benzene rings is 2. The number of amides is 1. The van der Waals surface area contributed by atoms with E-state index in [1.54, 1.807) is 42.5 Å². The van der Waals surface area contributed by atoms with Gasteiger partial charge in [-0.3, -0.25) is 4.79 Å². The van der Waals surface area contributed by atoms with Crippen molar-refractivity contribution in [2.45, 2.75) is 6.42 Å². The largest absolute Gasteiger partial charge is 0.478 e. The lowest BCUT2D eigenvalue weighted by Crippen LogP contribution is -2.25. The highest BCUT2D eigenvalue weighted by Crippen LogP contribution is 2.10. The third-order valence-electron chi connectivity index (χ3n) is 3.48. The van der Waals surface area contributed by atoms with Crippen LogP contribution < -0.4 is 5.32 Å². The average molecular weight is 310 g/mol. The molecule has 0 radical (unpaired) electrons. The van der Waals surface area contributed by atoms with E-state index in [0.29, 0.717) is 29.6 Å². The van der Waals surface area contributed by atoms with Gasteiger partial charge in [-0.15, -0.1) is 0 Å². The van der Waals surface area contributed by atoms with E-state index in [-0.39, 0.29) is 11.5 Å². The zero-order valence-corrected chi connectivity index (χ0v) is 12.1. The van der Waals surface area contributed by atoms with Gasteiger partial charge in [0.2, 0.25) is 0 Å². The Labute approximate surface area is 131 Å². The van der Waals surface area contributed by atoms with E-state index >= 15 is 0 Å². The van der Waals surface area contributed by atoms with Gasteiger partial charge in [0, 0.05) is 12.1 Å². The summed E-state index contributed by atoms with van der Waals surface area (Å²) in [5.41, 5.74) is 3.08. The summed E-state index contributed by atoms with van der Waals surface area (Å²) in [4.78, 5) is 22.9. The second-order valence-corrected chi connectivity index (χ2v) is 5.04. The Kier molecular flexibility index (Phi) is 4.01. The second kappa shape index (κ2) is 6.27. The van der Waals surface area contributed by atoms with Crippen molar-refractivity contribution in [3.8, 4) is 0 Å². The van der Waals surface area contributed by atoms with Crippen LogP contribution in [0.1, 0.15) is 26.3 Å². The number of carbonyl (C=O) groups excluding carboxylic acids is 1. The van der Waals surface area contributed by atoms with E-state index in [1.807, 2.05) is 0 Å². The number of aromatic amines is 1. The van der Waals surface area contributed by atoms with E-state index in [2.05, 4.69) is 20.7 Å². The minimum absolute atomic E-state index is 0.183. The van der Waals surface area contributed by atoms with Crippen LogP contribution in [0.15, 0.2) is 42.5 Å². The van der Waals surface area contributed by atoms with Crippen molar-refractivity contribution in [3.05, 3.63) is 59.2 Å². The van der Waals surface area contributed by atoms with Gasteiger partial charge in [-0.25, -0.2) is 4.79 Å². The Morgan fingerprint density at radius 1 is 1.00 bits per heavy atom. The first-order valence-electron chi connectivity index (χ1n) is 7.04. The van der Waals surface area contributed by atoms with Crippen LogP contribution in [0.5, 0.6) is 0 Å². The Hall–Kier alpha value is -3.22. The molecule has 0 saturated carbocycles. The summed E-state index contributed by atoms with van der Waals surface area (Å²) in [5.74, 6) is -1.13. The van der Waals surface area contributed by atoms with Crippen LogP contribution in [-0.2, 0) is 6.42 Å². The number of aromatic nitrogens is 3. The maximum absolute atomic E-state index is 12.1. The zero-order chi connectivity index (χ0) is 16.2. The molecule has 3 N–H and O–H groups in total. The fraction of sp³-hybridized carbons (Fsp3) is 0.125. The van der Waals surface area contributed by atoms with Crippen LogP contribution in [0, 0.1) is 0 Å². The van der Waals surface area contributed by atoms with Crippen LogP contribution in [0.3, 0.4) is 0 Å². The third kappa shape index (κ3) is 3.34. The first kappa shape index (κ1) is 14.7. The fourth-order valence-corrected chi connectivity index (χ4v) is 2.22. The van der Waals surface area contributed by atoms with Gasteiger partial charge in [0.1, 0.15) is 11.0 Å². The van der Waals surface area contributed by atoms with Gasteiger partial charge in [-0.05, 0) is 42.3 Å². The molecule has 23 heavy (non-hydrogen) atoms. The minimum atomic E-state index is -0.951. The van der Waals surface area contributed by atoms with Crippen molar-refractivity contribution < 1.29 is 14.7 Å². The number of rotatable bonds is 5. The average Bonchev–Trinajstić information content (AvgIpc) is 3.02. The van der Waals surface area contributed by atoms with Crippen molar-refractivity contribution >= 4 is 22.9 Å². The quantitative estimate of drug-likeness (QED) is 0.664. The molecule has 1 aromatic heterocycles. The van der Waals surface area contributed by atoms with Crippen molar-refractivity contribution in [1.82, 2.24) is 20.7 Å². The summed E-state index contributed by atoms with van der Waals surface area (Å²) in [7, 11) is 0. The molecule has 3 aromatic rings. The molecule has 0 spiro atoms. The number of hydrogen-bond acceptors (Lipinski definition) is 4. The summed E-state index contributed by atoms with van der Waals surface area (Å²) in [6, 6.07) is 11.7. The standard InChI is InChI=1S/C16H14N4O3/c21-15(12-5-6-13-14(9-12)19-20-18-13)17-8-7-10-1-3-11(4-2-10)16(22)23/h1-6,9H,7-8H2,(H,17,21)(H,22,23)(H,18,19,20). The van der Waals surface area contributed by atoms with Crippen LogP contribution >= 0.6 is 0 Å². The number of hydrogen-bond donors (Lipinski definition) is 3. The van der Waals surface area contributed by atoms with Gasteiger partial charge in [-0.2, -0.15) is 15.4 Å². The molecule has 0 fully saturated rings. The van der Waals surface area contributed by atoms with E-state index in [0.717, 1.165) is 5.56 Å². The molecule has 3 rings (SSSR count). The van der Waals surface area contributed by atoms with Gasteiger partial charge in [0.25, 0.3) is 5.91 Å². The number of aromatic carboxylic acids is 1. The highest BCUT2D eigenvalue weighted by Gasteiger charge is 2.08. The number of nitrogens with zero attached hydrogens (tertiary/aromatic N) is 2. The second-order valence-electron chi connectivity index (χ2n) is 5.04. The third-order valence-corrected chi connectivity index (χ3v) is 3.48. The van der Waals surface area contributed by atoms with Crippen molar-refractivity contribution in [2.24, 2.45) is 0 Å². The van der Waals surface area contributed by atoms with Crippen LogP contribution in [0.2, 0.25) is 0 Å². The first-order chi connectivity index (χ1) is 11.1. The molecule has 7 heteroatoms. The van der Waals surface area contributed by atoms with E-state index < -0.39 is 5.97 Å². The Morgan fingerprint density at radius 2 is 1.70 bits per heavy atom. The number of carbonyl (C=O) groups is 2. The number of carboxylic acids is 1. The molecular weight excluding hydrogens is 296 g/mol. The molecular formula is C16H14N4O3. The molecule has 0 aliphatic carbocycles. The van der Waals surface area contributed by atoms with Crippen LogP contribution in [0.25, 0.3) is 11.0 Å². The van der Waals surface area contributed by atoms with Gasteiger partial charge < -0.3 is 10.4 Å². The van der Waals surface area contributed by atoms with Gasteiger partial charge >= 0.3 is 5.97 Å². The topological polar surface area (TPSA) is 108 Å². The van der Waals surface area contributed by atoms with Gasteiger partial charge in [-0.1, -0.05) is 12.1 Å². The number of fused-ring (bicyclic) bond motifs is 1. The molecule has 0 aliphatic rings. The summed E-state index contributed by atoms with van der Waals surface area (Å²) in [5, 5.41) is 22.1. The number of carboxylic acid groups (broad SMARTS) is 1. The van der Waals surface area contributed by atoms with Crippen LogP contribution in [-0.4, -0.2) is 38.9 Å². The fourth-order valence-electron chi connectivity index (χ4n) is 2.22. The van der Waals surface area contributed by atoms with Gasteiger partial charge in [0.05, 0.1) is 5.56 Å². The minimum Gasteiger partial charge on any atom is -0.478 e. The molecule has 7 nitrogen and oxygen atoms in total. The molecule has 0 atom stereocenters. The monoisotopic (exact) mass is 310 g/mol. The lowest BCUT2D eigenvalue weighted by molar-refractivity contribution is 0.0696. The molecule has 1 amide bonds. The van der Waals surface area contributed by atoms with Crippen LogP contribution in [0.4, 0.5) is 0 Å². The lowest BCUT2D eigenvalue weighted by Gasteiger charge is -2.06. The summed E-state index contributed by atoms with van der Waals surface area (Å²) in [6.07, 6.45) is 0.623. The summed E-state index contributed by atoms with van der Waals surface area (Å²) < 4.78 is 0. The van der Waals surface area contributed by atoms with E-state index in [9.17, 15) is 9.59 Å². The van der Waals surface area contributed by atoms with Gasteiger partial charge in [0.15, 0.2) is 0 Å². The Morgan fingerprint density at radius 3 is 2.43 bits per heavy atom. The predicted octanol–water partition coefficient (Wildman–Crippen LogP) is 1.63. The molecule has 116 valence electrons. The maximum atomic E-state index is 12.1. The molecule has 0 saturated heterocycles. The van der Waals surface area contributed by atoms with Crippen molar-refractivity contribution in [1.29, 1.82) is 0 Å². The molecule has 0 aliphatic heterocycles. The summed E-state index contributed by atoms with van der Waals surface area (Å²) in [6.45, 7) is 0.460. The highest BCUT2D eigenvalue weighted by molar-refractivity contribution is 5.97. The molecule has 0 bridgehead atoms. The summed E-state index contributed by atoms with van der Waals surface area (Å²) >= 11 is 0. The maximum Gasteiger partial charge on any atom is 0.335 e. The Balaban J connectivity index is 1.57. The molecule has 1 heterocycles. The van der Waals surface area contributed by atoms with E-state index in [1.165, 1.54) is 0 Å². The number of H-pyrrole nitrogens is 1. The SMILES string of the molecule is O=C(O)c1ccc(CCNC(=O)c2ccc3n[nH]nc3c2)cc1. The van der Waals surface area contributed by atoms with E-state index in [4.69, 9.17) is 5.11 Å². The first-order valence-corrected chi connectivity index (χ1v) is 7.04. The Bertz CT molecular complexity index is 855. The molecule has 0 unspecified atom stereocenters.